The van der Waals surface area contributed by atoms with E-state index in [2.05, 4.69) is 5.10 Å². The topological polar surface area (TPSA) is 64.4 Å². The fourth-order valence-electron chi connectivity index (χ4n) is 3.69. The van der Waals surface area contributed by atoms with Crippen LogP contribution in [0.1, 0.15) is 42.1 Å². The predicted molar refractivity (Wildman–Crippen MR) is 114 cm³/mol. The molecule has 1 aromatic heterocycles. The number of piperidine rings is 1. The average Bonchev–Trinajstić information content (AvgIpc) is 3.30. The number of rotatable bonds is 6. The summed E-state index contributed by atoms with van der Waals surface area (Å²) in [7, 11) is 0. The number of carbonyl (C=O) groups excluding carboxylic acids is 2. The monoisotopic (exact) mass is 403 g/mol. The quantitative estimate of drug-likeness (QED) is 0.586. The number of benzene rings is 2. The number of para-hydroxylation sites is 2. The van der Waals surface area contributed by atoms with Crippen molar-refractivity contribution in [2.24, 2.45) is 0 Å². The van der Waals surface area contributed by atoms with Crippen molar-refractivity contribution in [1.82, 2.24) is 14.7 Å². The molecule has 0 spiro atoms. The first-order valence-corrected chi connectivity index (χ1v) is 10.3. The SMILES string of the molecule is C[C@@H](Oc1ccccc1C(=O)c1cnn(-c2ccccc2)c1)C(=O)N1CCCCC1. The summed E-state index contributed by atoms with van der Waals surface area (Å²) in [6.07, 6.45) is 5.82. The van der Waals surface area contributed by atoms with Crippen LogP contribution in [0.5, 0.6) is 5.75 Å². The molecule has 1 fully saturated rings. The summed E-state index contributed by atoms with van der Waals surface area (Å²) in [4.78, 5) is 27.7. The Labute approximate surface area is 176 Å². The van der Waals surface area contributed by atoms with Crippen molar-refractivity contribution in [3.05, 3.63) is 78.1 Å². The zero-order chi connectivity index (χ0) is 20.9. The van der Waals surface area contributed by atoms with E-state index in [1.165, 1.54) is 0 Å². The molecular weight excluding hydrogens is 378 g/mol. The fourth-order valence-corrected chi connectivity index (χ4v) is 3.69. The van der Waals surface area contributed by atoms with Crippen LogP contribution in [0, 0.1) is 0 Å². The van der Waals surface area contributed by atoms with Crippen LogP contribution in [0.3, 0.4) is 0 Å². The van der Waals surface area contributed by atoms with Gasteiger partial charge < -0.3 is 9.64 Å². The van der Waals surface area contributed by atoms with E-state index in [-0.39, 0.29) is 11.7 Å². The highest BCUT2D eigenvalue weighted by atomic mass is 16.5. The second kappa shape index (κ2) is 8.95. The van der Waals surface area contributed by atoms with Gasteiger partial charge in [0.05, 0.1) is 23.0 Å². The van der Waals surface area contributed by atoms with E-state index in [0.717, 1.165) is 38.0 Å². The van der Waals surface area contributed by atoms with Crippen molar-refractivity contribution < 1.29 is 14.3 Å². The highest BCUT2D eigenvalue weighted by molar-refractivity contribution is 6.10. The number of hydrogen-bond donors (Lipinski definition) is 0. The lowest BCUT2D eigenvalue weighted by Gasteiger charge is -2.29. The summed E-state index contributed by atoms with van der Waals surface area (Å²) in [5.41, 5.74) is 1.76. The van der Waals surface area contributed by atoms with Crippen molar-refractivity contribution in [3.8, 4) is 11.4 Å². The molecule has 154 valence electrons. The van der Waals surface area contributed by atoms with Crippen molar-refractivity contribution in [2.45, 2.75) is 32.3 Å². The van der Waals surface area contributed by atoms with Gasteiger partial charge in [-0.25, -0.2) is 4.68 Å². The van der Waals surface area contributed by atoms with E-state index in [9.17, 15) is 9.59 Å². The summed E-state index contributed by atoms with van der Waals surface area (Å²) < 4.78 is 7.62. The second-order valence-electron chi connectivity index (χ2n) is 7.48. The average molecular weight is 403 g/mol. The van der Waals surface area contributed by atoms with Crippen LogP contribution in [0.4, 0.5) is 0 Å². The molecule has 6 heteroatoms. The minimum absolute atomic E-state index is 0.0335. The molecule has 3 aromatic rings. The maximum absolute atomic E-state index is 13.1. The maximum Gasteiger partial charge on any atom is 0.263 e. The first kappa shape index (κ1) is 19.9. The van der Waals surface area contributed by atoms with Gasteiger partial charge in [0.1, 0.15) is 5.75 Å². The third kappa shape index (κ3) is 4.27. The molecule has 0 N–H and O–H groups in total. The maximum atomic E-state index is 13.1. The van der Waals surface area contributed by atoms with E-state index in [1.54, 1.807) is 48.3 Å². The van der Waals surface area contributed by atoms with Gasteiger partial charge in [0.2, 0.25) is 0 Å². The molecule has 0 saturated carbocycles. The van der Waals surface area contributed by atoms with Crippen molar-refractivity contribution in [2.75, 3.05) is 13.1 Å². The Hall–Kier alpha value is -3.41. The van der Waals surface area contributed by atoms with E-state index < -0.39 is 6.10 Å². The van der Waals surface area contributed by atoms with Gasteiger partial charge in [-0.2, -0.15) is 5.10 Å². The van der Waals surface area contributed by atoms with Crippen LogP contribution >= 0.6 is 0 Å². The number of amides is 1. The first-order valence-electron chi connectivity index (χ1n) is 10.3. The lowest BCUT2D eigenvalue weighted by Crippen LogP contribution is -2.43. The lowest BCUT2D eigenvalue weighted by molar-refractivity contribution is -0.138. The normalized spacial score (nSPS) is 14.9. The molecule has 1 aliphatic rings. The van der Waals surface area contributed by atoms with E-state index in [4.69, 9.17) is 4.74 Å². The highest BCUT2D eigenvalue weighted by Gasteiger charge is 2.25. The summed E-state index contributed by atoms with van der Waals surface area (Å²) in [6, 6.07) is 16.7. The fraction of sp³-hybridized carbons (Fsp3) is 0.292. The van der Waals surface area contributed by atoms with E-state index >= 15 is 0 Å². The Morgan fingerprint density at radius 1 is 0.967 bits per heavy atom. The molecule has 2 aromatic carbocycles. The number of ketones is 1. The number of ether oxygens (including phenoxy) is 1. The Bertz CT molecular complexity index is 1020. The first-order chi connectivity index (χ1) is 14.6. The van der Waals surface area contributed by atoms with Crippen LogP contribution < -0.4 is 4.74 Å². The number of likely N-dealkylation sites (tertiary alicyclic amines) is 1. The Morgan fingerprint density at radius 2 is 1.67 bits per heavy atom. The zero-order valence-corrected chi connectivity index (χ0v) is 17.0. The molecule has 1 atom stereocenters. The van der Waals surface area contributed by atoms with Crippen LogP contribution in [-0.2, 0) is 4.79 Å². The van der Waals surface area contributed by atoms with Gasteiger partial charge in [0.25, 0.3) is 5.91 Å². The number of hydrogen-bond acceptors (Lipinski definition) is 4. The summed E-state index contributed by atoms with van der Waals surface area (Å²) in [5.74, 6) is 0.187. The molecule has 0 unspecified atom stereocenters. The third-order valence-corrected chi connectivity index (χ3v) is 5.32. The van der Waals surface area contributed by atoms with Gasteiger partial charge in [-0.1, -0.05) is 30.3 Å². The summed E-state index contributed by atoms with van der Waals surface area (Å²) in [5, 5.41) is 4.31. The van der Waals surface area contributed by atoms with Gasteiger partial charge >= 0.3 is 0 Å². The van der Waals surface area contributed by atoms with E-state index in [0.29, 0.717) is 16.9 Å². The summed E-state index contributed by atoms with van der Waals surface area (Å²) >= 11 is 0. The molecule has 0 aliphatic carbocycles. The third-order valence-electron chi connectivity index (χ3n) is 5.32. The lowest BCUT2D eigenvalue weighted by atomic mass is 10.1. The number of nitrogens with zero attached hydrogens (tertiary/aromatic N) is 3. The van der Waals surface area contributed by atoms with Crippen molar-refractivity contribution in [3.63, 3.8) is 0 Å². The highest BCUT2D eigenvalue weighted by Crippen LogP contribution is 2.24. The molecule has 0 bridgehead atoms. The second-order valence-corrected chi connectivity index (χ2v) is 7.48. The molecule has 6 nitrogen and oxygen atoms in total. The minimum Gasteiger partial charge on any atom is -0.480 e. The van der Waals surface area contributed by atoms with Crippen LogP contribution in [0.15, 0.2) is 67.0 Å². The standard InChI is InChI=1S/C24H25N3O3/c1-18(24(29)26-14-8-3-9-15-26)30-22-13-7-6-12-21(22)23(28)19-16-25-27(17-19)20-10-4-2-5-11-20/h2,4-7,10-13,16-18H,3,8-9,14-15H2,1H3/t18-/m1/s1. The largest absolute Gasteiger partial charge is 0.480 e. The molecule has 4 rings (SSSR count). The van der Waals surface area contributed by atoms with Gasteiger partial charge in [-0.3, -0.25) is 9.59 Å². The molecule has 30 heavy (non-hydrogen) atoms. The van der Waals surface area contributed by atoms with Gasteiger partial charge in [0.15, 0.2) is 11.9 Å². The smallest absolute Gasteiger partial charge is 0.263 e. The molecule has 0 radical (unpaired) electrons. The zero-order valence-electron chi connectivity index (χ0n) is 17.0. The molecule has 2 heterocycles. The Morgan fingerprint density at radius 3 is 2.43 bits per heavy atom. The Kier molecular flexibility index (Phi) is 5.93. The molecule has 1 aliphatic heterocycles. The number of carbonyl (C=O) groups is 2. The Balaban J connectivity index is 1.52. The summed E-state index contributed by atoms with van der Waals surface area (Å²) in [6.45, 7) is 3.28. The minimum atomic E-state index is -0.649. The van der Waals surface area contributed by atoms with Crippen LogP contribution in [-0.4, -0.2) is 45.6 Å². The van der Waals surface area contributed by atoms with Crippen LogP contribution in [0.25, 0.3) is 5.69 Å². The van der Waals surface area contributed by atoms with Crippen molar-refractivity contribution in [1.29, 1.82) is 0 Å². The molecule has 1 amide bonds. The van der Waals surface area contributed by atoms with E-state index in [1.807, 2.05) is 35.2 Å². The van der Waals surface area contributed by atoms with Gasteiger partial charge in [-0.05, 0) is 50.5 Å². The molecular formula is C24H25N3O3. The number of aromatic nitrogens is 2. The van der Waals surface area contributed by atoms with Crippen molar-refractivity contribution >= 4 is 11.7 Å². The predicted octanol–water partition coefficient (Wildman–Crippen LogP) is 3.88. The van der Waals surface area contributed by atoms with Gasteiger partial charge in [-0.15, -0.1) is 0 Å². The molecule has 1 saturated heterocycles. The van der Waals surface area contributed by atoms with Crippen LogP contribution in [0.2, 0.25) is 0 Å². The van der Waals surface area contributed by atoms with Gasteiger partial charge in [0, 0.05) is 19.3 Å².